The van der Waals surface area contributed by atoms with Crippen molar-refractivity contribution in [3.05, 3.63) is 53.6 Å². The molecule has 0 bridgehead atoms. The Morgan fingerprint density at radius 3 is 2.61 bits per heavy atom. The van der Waals surface area contributed by atoms with Crippen molar-refractivity contribution in [1.82, 2.24) is 9.55 Å². The predicted octanol–water partition coefficient (Wildman–Crippen LogP) is 2.71. The van der Waals surface area contributed by atoms with E-state index in [1.807, 2.05) is 22.8 Å². The molecule has 2 aromatic carbocycles. The maximum Gasteiger partial charge on any atom is 0.201 e. The van der Waals surface area contributed by atoms with Gasteiger partial charge in [-0.2, -0.15) is 0 Å². The van der Waals surface area contributed by atoms with Crippen molar-refractivity contribution >= 4 is 17.0 Å². The predicted molar refractivity (Wildman–Crippen MR) is 91.7 cm³/mol. The van der Waals surface area contributed by atoms with Crippen molar-refractivity contribution in [1.29, 1.82) is 0 Å². The van der Waals surface area contributed by atoms with Crippen molar-refractivity contribution in [2.45, 2.75) is 19.4 Å². The van der Waals surface area contributed by atoms with Crippen LogP contribution in [0.1, 0.15) is 17.2 Å². The summed E-state index contributed by atoms with van der Waals surface area (Å²) in [6.07, 6.45) is 0.684. The van der Waals surface area contributed by atoms with Crippen molar-refractivity contribution in [2.24, 2.45) is 0 Å². The number of ether oxygens (including phenoxy) is 1. The van der Waals surface area contributed by atoms with Crippen LogP contribution in [0.15, 0.2) is 42.5 Å². The zero-order valence-corrected chi connectivity index (χ0v) is 13.4. The van der Waals surface area contributed by atoms with Crippen LogP contribution >= 0.6 is 0 Å². The first-order valence-corrected chi connectivity index (χ1v) is 7.60. The van der Waals surface area contributed by atoms with E-state index in [1.54, 1.807) is 7.11 Å². The minimum Gasteiger partial charge on any atom is -0.497 e. The van der Waals surface area contributed by atoms with Crippen LogP contribution in [0.2, 0.25) is 0 Å². The van der Waals surface area contributed by atoms with Crippen LogP contribution < -0.4 is 10.5 Å². The number of nitrogens with zero attached hydrogens (tertiary/aromatic N) is 2. The summed E-state index contributed by atoms with van der Waals surface area (Å²) in [6.45, 7) is 2.04. The number of imidazole rings is 1. The summed E-state index contributed by atoms with van der Waals surface area (Å²) >= 11 is 0. The molecule has 3 rings (SSSR count). The molecule has 1 heterocycles. The van der Waals surface area contributed by atoms with Crippen molar-refractivity contribution in [3.8, 4) is 5.75 Å². The molecule has 0 aliphatic rings. The molecular weight excluding hydrogens is 290 g/mol. The molecule has 5 nitrogen and oxygen atoms in total. The van der Waals surface area contributed by atoms with E-state index in [4.69, 9.17) is 10.5 Å². The van der Waals surface area contributed by atoms with Crippen LogP contribution in [0.4, 0.5) is 5.95 Å². The highest BCUT2D eigenvalue weighted by molar-refractivity contribution is 5.80. The molecular formula is C18H21N3O2. The van der Waals surface area contributed by atoms with Gasteiger partial charge < -0.3 is 20.1 Å². The number of benzene rings is 2. The SMILES string of the molecule is COc1ccc2nc(N)n(C(CO)Cc3ccc(C)cc3)c2c1. The van der Waals surface area contributed by atoms with Gasteiger partial charge in [0.25, 0.3) is 0 Å². The fourth-order valence-corrected chi connectivity index (χ4v) is 2.84. The molecule has 23 heavy (non-hydrogen) atoms. The number of hydrogen-bond donors (Lipinski definition) is 2. The molecule has 0 aliphatic carbocycles. The van der Waals surface area contributed by atoms with Crippen LogP contribution in [-0.2, 0) is 6.42 Å². The molecule has 0 saturated heterocycles. The van der Waals surface area contributed by atoms with Crippen LogP contribution in [-0.4, -0.2) is 28.4 Å². The van der Waals surface area contributed by atoms with E-state index in [2.05, 4.69) is 36.2 Å². The summed E-state index contributed by atoms with van der Waals surface area (Å²) in [5, 5.41) is 9.89. The number of fused-ring (bicyclic) bond motifs is 1. The Morgan fingerprint density at radius 1 is 1.22 bits per heavy atom. The van der Waals surface area contributed by atoms with E-state index in [0.717, 1.165) is 22.3 Å². The fourth-order valence-electron chi connectivity index (χ4n) is 2.84. The number of methoxy groups -OCH3 is 1. The van der Waals surface area contributed by atoms with Gasteiger partial charge in [-0.3, -0.25) is 0 Å². The van der Waals surface area contributed by atoms with Crippen molar-refractivity contribution in [2.75, 3.05) is 19.5 Å². The number of rotatable bonds is 5. The molecule has 0 saturated carbocycles. The lowest BCUT2D eigenvalue weighted by molar-refractivity contribution is 0.231. The highest BCUT2D eigenvalue weighted by atomic mass is 16.5. The third-order valence-electron chi connectivity index (χ3n) is 4.09. The Kier molecular flexibility index (Phi) is 4.21. The number of aliphatic hydroxyl groups excluding tert-OH is 1. The molecule has 0 amide bonds. The first-order chi connectivity index (χ1) is 11.1. The third-order valence-corrected chi connectivity index (χ3v) is 4.09. The van der Waals surface area contributed by atoms with Gasteiger partial charge in [-0.15, -0.1) is 0 Å². The number of aromatic nitrogens is 2. The first kappa shape index (κ1) is 15.4. The topological polar surface area (TPSA) is 73.3 Å². The van der Waals surface area contributed by atoms with Gasteiger partial charge in [0.15, 0.2) is 0 Å². The van der Waals surface area contributed by atoms with Gasteiger partial charge in [0.2, 0.25) is 5.95 Å². The lowest BCUT2D eigenvalue weighted by Gasteiger charge is -2.19. The number of nitrogen functional groups attached to an aromatic ring is 1. The van der Waals surface area contributed by atoms with Gasteiger partial charge in [0.05, 0.1) is 30.8 Å². The van der Waals surface area contributed by atoms with Crippen molar-refractivity contribution < 1.29 is 9.84 Å². The summed E-state index contributed by atoms with van der Waals surface area (Å²) in [6, 6.07) is 13.8. The smallest absolute Gasteiger partial charge is 0.201 e. The zero-order valence-electron chi connectivity index (χ0n) is 13.4. The Morgan fingerprint density at radius 2 is 1.96 bits per heavy atom. The summed E-state index contributed by atoms with van der Waals surface area (Å²) in [5.41, 5.74) is 10.1. The Labute approximate surface area is 135 Å². The average Bonchev–Trinajstić information content (AvgIpc) is 2.89. The van der Waals surface area contributed by atoms with Crippen LogP contribution in [0.3, 0.4) is 0 Å². The van der Waals surface area contributed by atoms with E-state index in [-0.39, 0.29) is 12.6 Å². The maximum absolute atomic E-state index is 9.89. The molecule has 0 aliphatic heterocycles. The molecule has 1 unspecified atom stereocenters. The van der Waals surface area contributed by atoms with Crippen LogP contribution in [0, 0.1) is 6.92 Å². The quantitative estimate of drug-likeness (QED) is 0.760. The highest BCUT2D eigenvalue weighted by Gasteiger charge is 2.18. The molecule has 0 fully saturated rings. The van der Waals surface area contributed by atoms with Gasteiger partial charge >= 0.3 is 0 Å². The van der Waals surface area contributed by atoms with E-state index in [9.17, 15) is 5.11 Å². The molecule has 5 heteroatoms. The van der Waals surface area contributed by atoms with Gasteiger partial charge in [0, 0.05) is 6.07 Å². The molecule has 3 N–H and O–H groups in total. The highest BCUT2D eigenvalue weighted by Crippen LogP contribution is 2.28. The van der Waals surface area contributed by atoms with Gasteiger partial charge in [0.1, 0.15) is 5.75 Å². The molecule has 3 aromatic rings. The second kappa shape index (κ2) is 6.30. The minimum atomic E-state index is -0.171. The standard InChI is InChI=1S/C18H21N3O2/c1-12-3-5-13(6-4-12)9-14(11-22)21-17-10-15(23-2)7-8-16(17)20-18(21)19/h3-8,10,14,22H,9,11H2,1-2H3,(H2,19,20). The first-order valence-electron chi connectivity index (χ1n) is 7.60. The molecule has 0 spiro atoms. The number of anilines is 1. The fraction of sp³-hybridized carbons (Fsp3) is 0.278. The monoisotopic (exact) mass is 311 g/mol. The third kappa shape index (κ3) is 3.00. The van der Waals surface area contributed by atoms with Gasteiger partial charge in [-0.1, -0.05) is 29.8 Å². The van der Waals surface area contributed by atoms with E-state index >= 15 is 0 Å². The van der Waals surface area contributed by atoms with Crippen molar-refractivity contribution in [3.63, 3.8) is 0 Å². The summed E-state index contributed by atoms with van der Waals surface area (Å²) in [7, 11) is 1.63. The minimum absolute atomic E-state index is 0.0131. The summed E-state index contributed by atoms with van der Waals surface area (Å²) < 4.78 is 7.17. The second-order valence-electron chi connectivity index (χ2n) is 5.72. The lowest BCUT2D eigenvalue weighted by atomic mass is 10.0. The normalized spacial score (nSPS) is 12.5. The Hall–Kier alpha value is -2.53. The number of hydrogen-bond acceptors (Lipinski definition) is 4. The lowest BCUT2D eigenvalue weighted by Crippen LogP contribution is -2.18. The summed E-state index contributed by atoms with van der Waals surface area (Å²) in [5.74, 6) is 1.14. The Balaban J connectivity index is 2.01. The van der Waals surface area contributed by atoms with E-state index in [1.165, 1.54) is 5.56 Å². The van der Waals surface area contributed by atoms with E-state index < -0.39 is 0 Å². The average molecular weight is 311 g/mol. The van der Waals surface area contributed by atoms with Crippen LogP contribution in [0.5, 0.6) is 5.75 Å². The number of nitrogens with two attached hydrogens (primary N) is 1. The maximum atomic E-state index is 9.89. The number of aliphatic hydroxyl groups is 1. The molecule has 0 radical (unpaired) electrons. The number of aryl methyl sites for hydroxylation is 1. The second-order valence-corrected chi connectivity index (χ2v) is 5.72. The van der Waals surface area contributed by atoms with Crippen LogP contribution in [0.25, 0.3) is 11.0 Å². The summed E-state index contributed by atoms with van der Waals surface area (Å²) in [4.78, 5) is 4.39. The van der Waals surface area contributed by atoms with Gasteiger partial charge in [-0.25, -0.2) is 4.98 Å². The molecule has 1 aromatic heterocycles. The zero-order chi connectivity index (χ0) is 16.4. The largest absolute Gasteiger partial charge is 0.497 e. The van der Waals surface area contributed by atoms with Gasteiger partial charge in [-0.05, 0) is 31.0 Å². The van der Waals surface area contributed by atoms with E-state index in [0.29, 0.717) is 12.4 Å². The Bertz CT molecular complexity index is 809. The molecule has 120 valence electrons. The molecule has 1 atom stereocenters.